The average molecular weight is 541 g/mol. The number of hydrogen-bond donors (Lipinski definition) is 3. The topological polar surface area (TPSA) is 118 Å². The zero-order valence-electron chi connectivity index (χ0n) is 21.5. The van der Waals surface area contributed by atoms with Gasteiger partial charge in [0.1, 0.15) is 0 Å². The zero-order chi connectivity index (χ0) is 27.6. The number of benzene rings is 3. The van der Waals surface area contributed by atoms with Crippen molar-refractivity contribution in [1.82, 2.24) is 14.8 Å². The van der Waals surface area contributed by atoms with Crippen LogP contribution in [0.3, 0.4) is 0 Å². The van der Waals surface area contributed by atoms with Crippen molar-refractivity contribution < 1.29 is 14.4 Å². The molecule has 0 radical (unpaired) electrons. The van der Waals surface area contributed by atoms with E-state index in [1.807, 2.05) is 66.1 Å². The minimum Gasteiger partial charge on any atom is -0.326 e. The summed E-state index contributed by atoms with van der Waals surface area (Å²) in [4.78, 5) is 35.9. The van der Waals surface area contributed by atoms with Crippen LogP contribution in [0.5, 0.6) is 0 Å². The number of hydrogen-bond acceptors (Lipinski definition) is 6. The summed E-state index contributed by atoms with van der Waals surface area (Å²) < 4.78 is 1.94. The third-order valence-corrected chi connectivity index (χ3v) is 6.46. The fourth-order valence-corrected chi connectivity index (χ4v) is 4.49. The Morgan fingerprint density at radius 2 is 1.44 bits per heavy atom. The van der Waals surface area contributed by atoms with Crippen LogP contribution in [0.15, 0.2) is 90.1 Å². The molecule has 1 aromatic heterocycles. The number of nitrogens with zero attached hydrogens (tertiary/aromatic N) is 3. The highest BCUT2D eigenvalue weighted by Gasteiger charge is 2.15. The van der Waals surface area contributed by atoms with Gasteiger partial charge in [0.2, 0.25) is 17.7 Å². The lowest BCUT2D eigenvalue weighted by molar-refractivity contribution is -0.114. The van der Waals surface area contributed by atoms with Crippen LogP contribution in [0, 0.1) is 0 Å². The molecule has 39 heavy (non-hydrogen) atoms. The predicted octanol–water partition coefficient (Wildman–Crippen LogP) is 5.31. The zero-order valence-corrected chi connectivity index (χ0v) is 22.4. The summed E-state index contributed by atoms with van der Waals surface area (Å²) in [5.41, 5.74) is 3.76. The molecule has 4 aromatic rings. The second kappa shape index (κ2) is 13.2. The maximum atomic E-state index is 12.5. The molecule has 10 heteroatoms. The Bertz CT molecular complexity index is 1470. The van der Waals surface area contributed by atoms with Crippen LogP contribution in [0.4, 0.5) is 17.1 Å². The normalized spacial score (nSPS) is 10.8. The standard InChI is InChI=1S/C29H28N6O3S/c1-3-35-28(22-10-12-24(13-11-22)31-26(37)18-9-21-7-5-4-6-8-21)33-34-29(35)39-19-27(38)32-25-16-14-23(15-17-25)30-20(2)36/h4-18H,3,19H2,1-2H3,(H,30,36)(H,31,37)(H,32,38). The number of thioether (sulfide) groups is 1. The summed E-state index contributed by atoms with van der Waals surface area (Å²) in [6.07, 6.45) is 3.26. The van der Waals surface area contributed by atoms with E-state index in [4.69, 9.17) is 0 Å². The summed E-state index contributed by atoms with van der Waals surface area (Å²) in [7, 11) is 0. The van der Waals surface area contributed by atoms with Crippen molar-refractivity contribution in [1.29, 1.82) is 0 Å². The van der Waals surface area contributed by atoms with E-state index in [1.54, 1.807) is 30.3 Å². The van der Waals surface area contributed by atoms with Gasteiger partial charge in [-0.15, -0.1) is 10.2 Å². The van der Waals surface area contributed by atoms with E-state index < -0.39 is 0 Å². The summed E-state index contributed by atoms with van der Waals surface area (Å²) in [5, 5.41) is 17.6. The third-order valence-electron chi connectivity index (χ3n) is 5.49. The summed E-state index contributed by atoms with van der Waals surface area (Å²) in [6, 6.07) is 23.9. The molecule has 0 spiro atoms. The number of anilines is 3. The number of nitrogens with one attached hydrogen (secondary N) is 3. The number of carbonyl (C=O) groups excluding carboxylic acids is 3. The van der Waals surface area contributed by atoms with Crippen molar-refractivity contribution in [3.8, 4) is 11.4 Å². The molecule has 4 rings (SSSR count). The number of amides is 3. The second-order valence-electron chi connectivity index (χ2n) is 8.46. The minimum atomic E-state index is -0.219. The molecule has 9 nitrogen and oxygen atoms in total. The maximum Gasteiger partial charge on any atom is 0.248 e. The lowest BCUT2D eigenvalue weighted by atomic mass is 10.2. The Hall–Kier alpha value is -4.70. The highest BCUT2D eigenvalue weighted by atomic mass is 32.2. The maximum absolute atomic E-state index is 12.5. The largest absolute Gasteiger partial charge is 0.326 e. The van der Waals surface area contributed by atoms with Crippen molar-refractivity contribution >= 4 is 52.6 Å². The first-order chi connectivity index (χ1) is 18.9. The minimum absolute atomic E-state index is 0.155. The molecule has 0 fully saturated rings. The third kappa shape index (κ3) is 7.89. The smallest absolute Gasteiger partial charge is 0.248 e. The first-order valence-corrected chi connectivity index (χ1v) is 13.3. The Kier molecular flexibility index (Phi) is 9.25. The lowest BCUT2D eigenvalue weighted by Gasteiger charge is -2.09. The van der Waals surface area contributed by atoms with Gasteiger partial charge in [0.25, 0.3) is 0 Å². The van der Waals surface area contributed by atoms with Gasteiger partial charge in [-0.2, -0.15) is 0 Å². The molecule has 0 bridgehead atoms. The van der Waals surface area contributed by atoms with Crippen LogP contribution >= 0.6 is 11.8 Å². The molecular weight excluding hydrogens is 512 g/mol. The first-order valence-electron chi connectivity index (χ1n) is 12.3. The van der Waals surface area contributed by atoms with E-state index in [2.05, 4.69) is 26.1 Å². The van der Waals surface area contributed by atoms with E-state index in [9.17, 15) is 14.4 Å². The molecule has 1 heterocycles. The summed E-state index contributed by atoms with van der Waals surface area (Å²) >= 11 is 1.30. The quantitative estimate of drug-likeness (QED) is 0.185. The fraction of sp³-hybridized carbons (Fsp3) is 0.138. The molecule has 0 aliphatic rings. The predicted molar refractivity (Wildman–Crippen MR) is 155 cm³/mol. The molecular formula is C29H28N6O3S. The van der Waals surface area contributed by atoms with Gasteiger partial charge in [0.15, 0.2) is 11.0 Å². The Balaban J connectivity index is 1.33. The van der Waals surface area contributed by atoms with Gasteiger partial charge in [0, 0.05) is 42.2 Å². The number of carbonyl (C=O) groups is 3. The van der Waals surface area contributed by atoms with Crippen LogP contribution in [0.25, 0.3) is 17.5 Å². The number of rotatable bonds is 10. The van der Waals surface area contributed by atoms with Crippen LogP contribution in [0.1, 0.15) is 19.4 Å². The molecule has 3 N–H and O–H groups in total. The summed E-state index contributed by atoms with van der Waals surface area (Å²) in [6.45, 7) is 4.05. The van der Waals surface area contributed by atoms with Crippen molar-refractivity contribution in [2.24, 2.45) is 0 Å². The summed E-state index contributed by atoms with van der Waals surface area (Å²) in [5.74, 6) is 0.283. The van der Waals surface area contributed by atoms with E-state index in [1.165, 1.54) is 24.8 Å². The molecule has 0 aliphatic heterocycles. The fourth-order valence-electron chi connectivity index (χ4n) is 3.68. The van der Waals surface area contributed by atoms with Crippen LogP contribution in [0.2, 0.25) is 0 Å². The molecule has 0 saturated heterocycles. The molecule has 0 atom stereocenters. The molecule has 0 aliphatic carbocycles. The Morgan fingerprint density at radius 3 is 2.08 bits per heavy atom. The Labute approximate surface area is 230 Å². The van der Waals surface area contributed by atoms with Crippen molar-refractivity contribution in [2.45, 2.75) is 25.5 Å². The molecule has 198 valence electrons. The van der Waals surface area contributed by atoms with Gasteiger partial charge >= 0.3 is 0 Å². The molecule has 0 saturated carbocycles. The van der Waals surface area contributed by atoms with Gasteiger partial charge in [-0.3, -0.25) is 14.4 Å². The monoisotopic (exact) mass is 540 g/mol. The molecule has 3 aromatic carbocycles. The molecule has 0 unspecified atom stereocenters. The van der Waals surface area contributed by atoms with Crippen molar-refractivity contribution in [3.63, 3.8) is 0 Å². The number of aromatic nitrogens is 3. The molecule has 3 amide bonds. The van der Waals surface area contributed by atoms with Gasteiger partial charge < -0.3 is 20.5 Å². The van der Waals surface area contributed by atoms with E-state index in [-0.39, 0.29) is 23.5 Å². The van der Waals surface area contributed by atoms with Crippen molar-refractivity contribution in [2.75, 3.05) is 21.7 Å². The van der Waals surface area contributed by atoms with Gasteiger partial charge in [-0.05, 0) is 67.1 Å². The highest BCUT2D eigenvalue weighted by molar-refractivity contribution is 7.99. The van der Waals surface area contributed by atoms with Crippen LogP contribution in [-0.2, 0) is 20.9 Å². The highest BCUT2D eigenvalue weighted by Crippen LogP contribution is 2.25. The average Bonchev–Trinajstić information content (AvgIpc) is 3.35. The lowest BCUT2D eigenvalue weighted by Crippen LogP contribution is -2.14. The van der Waals surface area contributed by atoms with E-state index >= 15 is 0 Å². The van der Waals surface area contributed by atoms with E-state index in [0.717, 1.165) is 11.1 Å². The SMILES string of the molecule is CCn1c(SCC(=O)Nc2ccc(NC(C)=O)cc2)nnc1-c1ccc(NC(=O)C=Cc2ccccc2)cc1. The Morgan fingerprint density at radius 1 is 0.821 bits per heavy atom. The first kappa shape index (κ1) is 27.3. The second-order valence-corrected chi connectivity index (χ2v) is 9.40. The van der Waals surface area contributed by atoms with Crippen LogP contribution < -0.4 is 16.0 Å². The van der Waals surface area contributed by atoms with Crippen LogP contribution in [-0.4, -0.2) is 38.2 Å². The van der Waals surface area contributed by atoms with E-state index in [0.29, 0.717) is 34.6 Å². The van der Waals surface area contributed by atoms with Gasteiger partial charge in [-0.25, -0.2) is 0 Å². The van der Waals surface area contributed by atoms with Gasteiger partial charge in [-0.1, -0.05) is 42.1 Å². The van der Waals surface area contributed by atoms with Crippen molar-refractivity contribution in [3.05, 3.63) is 90.5 Å². The van der Waals surface area contributed by atoms with Gasteiger partial charge in [0.05, 0.1) is 5.75 Å².